The molecule has 134 valence electrons. The van der Waals surface area contributed by atoms with E-state index in [0.717, 1.165) is 39.1 Å². The van der Waals surface area contributed by atoms with Gasteiger partial charge in [0.25, 0.3) is 0 Å². The molecule has 0 saturated carbocycles. The predicted molar refractivity (Wildman–Crippen MR) is 94.4 cm³/mol. The van der Waals surface area contributed by atoms with Crippen LogP contribution in [-0.4, -0.2) is 81.0 Å². The number of nitrogens with zero attached hydrogens (tertiary/aromatic N) is 3. The van der Waals surface area contributed by atoms with Gasteiger partial charge in [-0.05, 0) is 51.8 Å². The van der Waals surface area contributed by atoms with Gasteiger partial charge in [-0.2, -0.15) is 0 Å². The maximum absolute atomic E-state index is 13.4. The number of carbonyl (C=O) groups is 1. The van der Waals surface area contributed by atoms with Gasteiger partial charge in [-0.1, -0.05) is 12.1 Å². The van der Waals surface area contributed by atoms with Gasteiger partial charge in [0, 0.05) is 32.7 Å². The fourth-order valence-corrected chi connectivity index (χ4v) is 3.04. The van der Waals surface area contributed by atoms with Crippen molar-refractivity contribution in [2.45, 2.75) is 12.5 Å². The molecule has 1 aliphatic rings. The lowest BCUT2D eigenvalue weighted by Gasteiger charge is -2.32. The number of nitrogens with one attached hydrogen (secondary N) is 1. The van der Waals surface area contributed by atoms with E-state index in [9.17, 15) is 9.18 Å². The van der Waals surface area contributed by atoms with Crippen LogP contribution in [0.15, 0.2) is 24.3 Å². The van der Waals surface area contributed by atoms with E-state index in [0.29, 0.717) is 12.1 Å². The van der Waals surface area contributed by atoms with Crippen molar-refractivity contribution in [1.29, 1.82) is 0 Å². The van der Waals surface area contributed by atoms with Gasteiger partial charge in [0.2, 0.25) is 5.91 Å². The van der Waals surface area contributed by atoms with Gasteiger partial charge < -0.3 is 15.1 Å². The minimum Gasteiger partial charge on any atom is -0.354 e. The Bertz CT molecular complexity index is 530. The van der Waals surface area contributed by atoms with E-state index < -0.39 is 6.04 Å². The second-order valence-corrected chi connectivity index (χ2v) is 6.71. The van der Waals surface area contributed by atoms with Gasteiger partial charge in [0.1, 0.15) is 11.9 Å². The SMILES string of the molecule is CN1CCN(CCCNC(=O)C(c2cccc(F)c2)N(C)C)CC1. The number of benzene rings is 1. The highest BCUT2D eigenvalue weighted by molar-refractivity contribution is 5.83. The van der Waals surface area contributed by atoms with Crippen LogP contribution >= 0.6 is 0 Å². The van der Waals surface area contributed by atoms with Crippen molar-refractivity contribution in [2.24, 2.45) is 0 Å². The molecule has 1 aromatic rings. The highest BCUT2D eigenvalue weighted by Gasteiger charge is 2.23. The highest BCUT2D eigenvalue weighted by atomic mass is 19.1. The van der Waals surface area contributed by atoms with Crippen LogP contribution in [0.25, 0.3) is 0 Å². The Balaban J connectivity index is 1.79. The molecule has 1 atom stereocenters. The number of carbonyl (C=O) groups excluding carboxylic acids is 1. The number of amides is 1. The first kappa shape index (κ1) is 18.8. The van der Waals surface area contributed by atoms with E-state index in [1.807, 2.05) is 19.0 Å². The molecule has 1 amide bonds. The van der Waals surface area contributed by atoms with Crippen LogP contribution in [-0.2, 0) is 4.79 Å². The Morgan fingerprint density at radius 2 is 2.00 bits per heavy atom. The van der Waals surface area contributed by atoms with E-state index in [1.165, 1.54) is 12.1 Å². The molecule has 0 aromatic heterocycles. The lowest BCUT2D eigenvalue weighted by atomic mass is 10.1. The summed E-state index contributed by atoms with van der Waals surface area (Å²) in [6.07, 6.45) is 0.929. The summed E-state index contributed by atoms with van der Waals surface area (Å²) in [6, 6.07) is 5.78. The Morgan fingerprint density at radius 1 is 1.29 bits per heavy atom. The minimum absolute atomic E-state index is 0.0797. The third-order valence-electron chi connectivity index (χ3n) is 4.48. The van der Waals surface area contributed by atoms with E-state index in [4.69, 9.17) is 0 Å². The van der Waals surface area contributed by atoms with Crippen LogP contribution < -0.4 is 5.32 Å². The number of hydrogen-bond acceptors (Lipinski definition) is 4. The number of likely N-dealkylation sites (N-methyl/N-ethyl adjacent to an activating group) is 2. The molecule has 2 rings (SSSR count). The average molecular weight is 336 g/mol. The summed E-state index contributed by atoms with van der Waals surface area (Å²) in [7, 11) is 5.81. The number of halogens is 1. The van der Waals surface area contributed by atoms with Crippen molar-refractivity contribution < 1.29 is 9.18 Å². The van der Waals surface area contributed by atoms with Crippen molar-refractivity contribution in [3.8, 4) is 0 Å². The van der Waals surface area contributed by atoms with Crippen molar-refractivity contribution >= 4 is 5.91 Å². The fourth-order valence-electron chi connectivity index (χ4n) is 3.04. The summed E-state index contributed by atoms with van der Waals surface area (Å²) in [4.78, 5) is 19.1. The van der Waals surface area contributed by atoms with Crippen LogP contribution in [0.2, 0.25) is 0 Å². The summed E-state index contributed by atoms with van der Waals surface area (Å²) in [5, 5.41) is 2.99. The van der Waals surface area contributed by atoms with E-state index in [2.05, 4.69) is 22.2 Å². The monoisotopic (exact) mass is 336 g/mol. The summed E-state index contributed by atoms with van der Waals surface area (Å²) >= 11 is 0. The van der Waals surface area contributed by atoms with Gasteiger partial charge in [-0.25, -0.2) is 4.39 Å². The molecular weight excluding hydrogens is 307 g/mol. The second kappa shape index (κ2) is 9.11. The molecule has 1 N–H and O–H groups in total. The maximum atomic E-state index is 13.4. The molecule has 1 aliphatic heterocycles. The zero-order valence-electron chi connectivity index (χ0n) is 15.0. The molecule has 24 heavy (non-hydrogen) atoms. The predicted octanol–water partition coefficient (Wildman–Crippen LogP) is 1.18. The number of hydrogen-bond donors (Lipinski definition) is 1. The first-order chi connectivity index (χ1) is 11.5. The van der Waals surface area contributed by atoms with Crippen LogP contribution in [0.3, 0.4) is 0 Å². The summed E-state index contributed by atoms with van der Waals surface area (Å²) in [5.41, 5.74) is 0.677. The molecule has 0 bridgehead atoms. The average Bonchev–Trinajstić information content (AvgIpc) is 2.53. The van der Waals surface area contributed by atoms with Gasteiger partial charge in [-0.3, -0.25) is 9.69 Å². The third-order valence-corrected chi connectivity index (χ3v) is 4.48. The van der Waals surface area contributed by atoms with Gasteiger partial charge in [0.15, 0.2) is 0 Å². The van der Waals surface area contributed by atoms with Crippen molar-refractivity contribution in [2.75, 3.05) is 60.4 Å². The van der Waals surface area contributed by atoms with Crippen molar-refractivity contribution in [1.82, 2.24) is 20.0 Å². The summed E-state index contributed by atoms with van der Waals surface area (Å²) < 4.78 is 13.4. The normalized spacial score (nSPS) is 17.9. The Morgan fingerprint density at radius 3 is 2.62 bits per heavy atom. The molecule has 0 aliphatic carbocycles. The zero-order chi connectivity index (χ0) is 17.5. The van der Waals surface area contributed by atoms with E-state index in [1.54, 1.807) is 12.1 Å². The molecule has 0 spiro atoms. The number of piperazine rings is 1. The molecule has 6 heteroatoms. The molecule has 0 radical (unpaired) electrons. The van der Waals surface area contributed by atoms with Gasteiger partial charge in [0.05, 0.1) is 0 Å². The lowest BCUT2D eigenvalue weighted by Crippen LogP contribution is -2.45. The summed E-state index contributed by atoms with van der Waals surface area (Å²) in [6.45, 7) is 6.04. The largest absolute Gasteiger partial charge is 0.354 e. The minimum atomic E-state index is -0.468. The first-order valence-corrected chi connectivity index (χ1v) is 8.58. The molecule has 5 nitrogen and oxygen atoms in total. The van der Waals surface area contributed by atoms with Crippen molar-refractivity contribution in [3.05, 3.63) is 35.6 Å². The Kier molecular flexibility index (Phi) is 7.15. The van der Waals surface area contributed by atoms with E-state index in [-0.39, 0.29) is 11.7 Å². The Hall–Kier alpha value is -1.50. The maximum Gasteiger partial charge on any atom is 0.241 e. The molecule has 1 saturated heterocycles. The molecular formula is C18H29FN4O. The topological polar surface area (TPSA) is 38.8 Å². The van der Waals surface area contributed by atoms with Crippen LogP contribution in [0.4, 0.5) is 4.39 Å². The van der Waals surface area contributed by atoms with E-state index >= 15 is 0 Å². The smallest absolute Gasteiger partial charge is 0.241 e. The lowest BCUT2D eigenvalue weighted by molar-refractivity contribution is -0.125. The quantitative estimate of drug-likeness (QED) is 0.759. The molecule has 1 unspecified atom stereocenters. The molecule has 1 fully saturated rings. The fraction of sp³-hybridized carbons (Fsp3) is 0.611. The van der Waals surface area contributed by atoms with Crippen LogP contribution in [0.1, 0.15) is 18.0 Å². The van der Waals surface area contributed by atoms with Crippen molar-refractivity contribution in [3.63, 3.8) is 0 Å². The number of rotatable bonds is 7. The van der Waals surface area contributed by atoms with Crippen LogP contribution in [0, 0.1) is 5.82 Å². The molecule has 1 aromatic carbocycles. The first-order valence-electron chi connectivity index (χ1n) is 8.58. The summed E-state index contributed by atoms with van der Waals surface area (Å²) in [5.74, 6) is -0.397. The van der Waals surface area contributed by atoms with Gasteiger partial charge in [-0.15, -0.1) is 0 Å². The molecule has 1 heterocycles. The highest BCUT2D eigenvalue weighted by Crippen LogP contribution is 2.19. The third kappa shape index (κ3) is 5.54. The van der Waals surface area contributed by atoms with Gasteiger partial charge >= 0.3 is 0 Å². The zero-order valence-corrected chi connectivity index (χ0v) is 15.0. The standard InChI is InChI=1S/C18H29FN4O/c1-21(2)17(15-6-4-7-16(19)14-15)18(24)20-8-5-9-23-12-10-22(3)11-13-23/h4,6-7,14,17H,5,8-13H2,1-3H3,(H,20,24). The second-order valence-electron chi connectivity index (χ2n) is 6.71. The Labute approximate surface area is 144 Å². The van der Waals surface area contributed by atoms with Crippen LogP contribution in [0.5, 0.6) is 0 Å².